The average Bonchev–Trinajstić information content (AvgIpc) is 2.64. The molecule has 1 aromatic carbocycles. The van der Waals surface area contributed by atoms with Crippen molar-refractivity contribution >= 4 is 19.0 Å². The number of benzene rings is 1. The van der Waals surface area contributed by atoms with Gasteiger partial charge in [0.15, 0.2) is 24.7 Å². The molecule has 0 saturated carbocycles. The second-order valence-corrected chi connectivity index (χ2v) is 7.63. The Balaban J connectivity index is 2.21. The van der Waals surface area contributed by atoms with E-state index < -0.39 is 55.1 Å². The van der Waals surface area contributed by atoms with Gasteiger partial charge in [-0.25, -0.2) is 8.78 Å². The molecule has 2 atom stereocenters. The maximum atomic E-state index is 14.3. The van der Waals surface area contributed by atoms with Crippen LogP contribution < -0.4 is 9.97 Å². The first-order chi connectivity index (χ1) is 13.5. The number of carbonyl (C=O) groups is 2. The Bertz CT molecular complexity index is 784. The summed E-state index contributed by atoms with van der Waals surface area (Å²) in [4.78, 5) is 23.3. The SMILES string of the molecule is CCC(=O)N[C@H]1Cc2c(F)c(F)cc(C(O)OCOC(=O)C(C)(C)C)c2OB1O. The van der Waals surface area contributed by atoms with Crippen LogP contribution in [0.15, 0.2) is 6.07 Å². The summed E-state index contributed by atoms with van der Waals surface area (Å²) in [5, 5.41) is 22.8. The van der Waals surface area contributed by atoms with E-state index in [0.29, 0.717) is 6.07 Å². The Kier molecular flexibility index (Phi) is 7.20. The molecule has 2 rings (SSSR count). The number of fused-ring (bicyclic) bond motifs is 1. The normalized spacial score (nSPS) is 17.2. The van der Waals surface area contributed by atoms with Gasteiger partial charge in [-0.1, -0.05) is 6.92 Å². The summed E-state index contributed by atoms with van der Waals surface area (Å²) in [6.07, 6.45) is -1.95. The van der Waals surface area contributed by atoms with Gasteiger partial charge >= 0.3 is 13.1 Å². The Hall–Kier alpha value is -2.24. The van der Waals surface area contributed by atoms with E-state index in [1.165, 1.54) is 0 Å². The third-order valence-corrected chi connectivity index (χ3v) is 4.26. The van der Waals surface area contributed by atoms with Crippen LogP contribution in [0.1, 0.15) is 51.5 Å². The van der Waals surface area contributed by atoms with Crippen molar-refractivity contribution in [3.05, 3.63) is 28.8 Å². The minimum atomic E-state index is -1.82. The van der Waals surface area contributed by atoms with Gasteiger partial charge in [-0.15, -0.1) is 0 Å². The molecule has 3 N–H and O–H groups in total. The standard InChI is InChI=1S/C18H24BF2NO7/c1-5-13(23)22-12-7-9-14(21)11(20)6-10(15(9)29-19(12)26)16(24)27-8-28-17(25)18(2,3)4/h6,12,16,24,26H,5,7-8H2,1-4H3,(H,22,23)/t12-,16?/m0/s1. The molecular formula is C18H24BF2NO7. The maximum absolute atomic E-state index is 14.3. The average molecular weight is 415 g/mol. The first kappa shape index (κ1) is 23.0. The van der Waals surface area contributed by atoms with Crippen LogP contribution in [0.5, 0.6) is 5.75 Å². The van der Waals surface area contributed by atoms with E-state index in [2.05, 4.69) is 5.32 Å². The van der Waals surface area contributed by atoms with E-state index in [1.807, 2.05) is 0 Å². The number of aliphatic hydroxyl groups excluding tert-OH is 1. The van der Waals surface area contributed by atoms with Crippen LogP contribution in [0.25, 0.3) is 0 Å². The van der Waals surface area contributed by atoms with E-state index in [1.54, 1.807) is 27.7 Å². The molecule has 160 valence electrons. The zero-order valence-electron chi connectivity index (χ0n) is 16.6. The zero-order valence-corrected chi connectivity index (χ0v) is 16.6. The molecule has 1 aliphatic rings. The molecule has 1 unspecified atom stereocenters. The summed E-state index contributed by atoms with van der Waals surface area (Å²) in [7, 11) is -1.55. The van der Waals surface area contributed by atoms with Crippen molar-refractivity contribution in [3.63, 3.8) is 0 Å². The lowest BCUT2D eigenvalue weighted by molar-refractivity contribution is -0.193. The fraction of sp³-hybridized carbons (Fsp3) is 0.556. The highest BCUT2D eigenvalue weighted by Crippen LogP contribution is 2.37. The van der Waals surface area contributed by atoms with Gasteiger partial charge in [0.25, 0.3) is 0 Å². The molecule has 0 spiro atoms. The quantitative estimate of drug-likeness (QED) is 0.365. The van der Waals surface area contributed by atoms with E-state index in [-0.39, 0.29) is 29.7 Å². The first-order valence-electron chi connectivity index (χ1n) is 9.07. The van der Waals surface area contributed by atoms with Crippen LogP contribution in [-0.4, -0.2) is 41.9 Å². The smallest absolute Gasteiger partial charge is 0.534 e. The highest BCUT2D eigenvalue weighted by molar-refractivity contribution is 6.46. The molecule has 8 nitrogen and oxygen atoms in total. The molecule has 0 aliphatic carbocycles. The van der Waals surface area contributed by atoms with Crippen molar-refractivity contribution in [2.45, 2.75) is 52.8 Å². The number of aliphatic hydroxyl groups is 1. The monoisotopic (exact) mass is 415 g/mol. The molecule has 1 aliphatic heterocycles. The summed E-state index contributed by atoms with van der Waals surface area (Å²) in [6.45, 7) is 5.84. The number of ether oxygens (including phenoxy) is 2. The summed E-state index contributed by atoms with van der Waals surface area (Å²) >= 11 is 0. The Morgan fingerprint density at radius 1 is 1.41 bits per heavy atom. The predicted molar refractivity (Wildman–Crippen MR) is 97.3 cm³/mol. The van der Waals surface area contributed by atoms with Crippen LogP contribution in [0.2, 0.25) is 0 Å². The number of nitrogens with one attached hydrogen (secondary N) is 1. The van der Waals surface area contributed by atoms with Crippen molar-refractivity contribution < 1.29 is 42.6 Å². The lowest BCUT2D eigenvalue weighted by Crippen LogP contribution is -2.53. The largest absolute Gasteiger partial charge is 0.547 e. The summed E-state index contributed by atoms with van der Waals surface area (Å²) < 4.78 is 43.5. The molecule has 1 aromatic rings. The highest BCUT2D eigenvalue weighted by Gasteiger charge is 2.40. The van der Waals surface area contributed by atoms with E-state index >= 15 is 0 Å². The summed E-state index contributed by atoms with van der Waals surface area (Å²) in [6, 6.07) is 0.669. The minimum Gasteiger partial charge on any atom is -0.534 e. The van der Waals surface area contributed by atoms with Gasteiger partial charge in [0, 0.05) is 12.0 Å². The molecule has 1 amide bonds. The fourth-order valence-corrected chi connectivity index (χ4v) is 2.60. The van der Waals surface area contributed by atoms with Crippen molar-refractivity contribution in [2.24, 2.45) is 5.41 Å². The third kappa shape index (κ3) is 5.43. The molecule has 1 heterocycles. The van der Waals surface area contributed by atoms with Gasteiger partial charge in [0.05, 0.1) is 16.9 Å². The summed E-state index contributed by atoms with van der Waals surface area (Å²) in [5.74, 6) is -4.77. The Labute approximate surface area is 167 Å². The molecule has 0 aromatic heterocycles. The van der Waals surface area contributed by atoms with Crippen LogP contribution in [0, 0.1) is 17.0 Å². The van der Waals surface area contributed by atoms with Crippen LogP contribution in [0.3, 0.4) is 0 Å². The van der Waals surface area contributed by atoms with Crippen LogP contribution in [-0.2, 0) is 25.5 Å². The van der Waals surface area contributed by atoms with E-state index in [9.17, 15) is 28.5 Å². The second kappa shape index (κ2) is 9.06. The molecule has 0 saturated heterocycles. The Morgan fingerprint density at radius 3 is 2.66 bits per heavy atom. The van der Waals surface area contributed by atoms with Gasteiger partial charge in [-0.3, -0.25) is 9.59 Å². The molecule has 0 bridgehead atoms. The zero-order chi connectivity index (χ0) is 21.9. The lowest BCUT2D eigenvalue weighted by atomic mass is 9.72. The van der Waals surface area contributed by atoms with Crippen molar-refractivity contribution in [3.8, 4) is 5.75 Å². The van der Waals surface area contributed by atoms with Crippen molar-refractivity contribution in [1.82, 2.24) is 5.32 Å². The number of amides is 1. The first-order valence-corrected chi connectivity index (χ1v) is 9.07. The lowest BCUT2D eigenvalue weighted by Gasteiger charge is -2.30. The topological polar surface area (TPSA) is 114 Å². The second-order valence-electron chi connectivity index (χ2n) is 7.63. The van der Waals surface area contributed by atoms with Gasteiger partial charge in [0.1, 0.15) is 5.75 Å². The summed E-state index contributed by atoms with van der Waals surface area (Å²) in [5.41, 5.74) is -1.34. The fourth-order valence-electron chi connectivity index (χ4n) is 2.60. The molecule has 0 fully saturated rings. The molecule has 0 radical (unpaired) electrons. The predicted octanol–water partition coefficient (Wildman–Crippen LogP) is 1.37. The number of rotatable bonds is 6. The molecular weight excluding hydrogens is 391 g/mol. The van der Waals surface area contributed by atoms with Crippen LogP contribution in [0.4, 0.5) is 8.78 Å². The number of esters is 1. The van der Waals surface area contributed by atoms with Gasteiger partial charge in [-0.05, 0) is 33.3 Å². The minimum absolute atomic E-state index is 0.132. The number of hydrogen-bond acceptors (Lipinski definition) is 7. The third-order valence-electron chi connectivity index (χ3n) is 4.26. The van der Waals surface area contributed by atoms with Crippen molar-refractivity contribution in [2.75, 3.05) is 6.79 Å². The highest BCUT2D eigenvalue weighted by atomic mass is 19.2. The maximum Gasteiger partial charge on any atom is 0.547 e. The Morgan fingerprint density at radius 2 is 2.07 bits per heavy atom. The van der Waals surface area contributed by atoms with Gasteiger partial charge in [-0.2, -0.15) is 0 Å². The van der Waals surface area contributed by atoms with E-state index in [4.69, 9.17) is 14.1 Å². The van der Waals surface area contributed by atoms with Gasteiger partial charge in [0.2, 0.25) is 5.91 Å². The van der Waals surface area contributed by atoms with Crippen LogP contribution >= 0.6 is 0 Å². The van der Waals surface area contributed by atoms with Gasteiger partial charge < -0.3 is 29.6 Å². The van der Waals surface area contributed by atoms with Crippen molar-refractivity contribution in [1.29, 1.82) is 0 Å². The molecule has 29 heavy (non-hydrogen) atoms. The van der Waals surface area contributed by atoms with E-state index in [0.717, 1.165) is 0 Å². The number of hydrogen-bond donors (Lipinski definition) is 3. The number of halogens is 2. The molecule has 11 heteroatoms. The number of carbonyl (C=O) groups excluding carboxylic acids is 2.